The van der Waals surface area contributed by atoms with E-state index in [1.165, 1.54) is 0 Å². The van der Waals surface area contributed by atoms with Gasteiger partial charge in [-0.15, -0.1) is 0 Å². The molecule has 3 rings (SSSR count). The third kappa shape index (κ3) is 1.98. The zero-order valence-electron chi connectivity index (χ0n) is 11.9. The Kier molecular flexibility index (Phi) is 3.22. The molecule has 0 spiro atoms. The molecule has 1 amide bonds. The van der Waals surface area contributed by atoms with Crippen molar-refractivity contribution in [3.8, 4) is 0 Å². The van der Waals surface area contributed by atoms with Crippen molar-refractivity contribution in [3.05, 3.63) is 30.0 Å². The number of nitrogens with two attached hydrogens (primary N) is 1. The summed E-state index contributed by atoms with van der Waals surface area (Å²) in [5.74, 6) is 0.425. The smallest absolute Gasteiger partial charge is 0.275 e. The molecule has 0 radical (unpaired) electrons. The van der Waals surface area contributed by atoms with Crippen molar-refractivity contribution >= 4 is 16.8 Å². The molecule has 2 N–H and O–H groups in total. The SMILES string of the molecule is CC1CC(CN)CN1C(=O)c1nn(C)c2ccccc12. The van der Waals surface area contributed by atoms with E-state index in [-0.39, 0.29) is 11.9 Å². The number of likely N-dealkylation sites (tertiary alicyclic amines) is 1. The summed E-state index contributed by atoms with van der Waals surface area (Å²) in [5, 5.41) is 5.33. The van der Waals surface area contributed by atoms with E-state index < -0.39 is 0 Å². The Labute approximate surface area is 118 Å². The molecule has 2 aromatic rings. The van der Waals surface area contributed by atoms with Crippen LogP contribution < -0.4 is 5.73 Å². The molecule has 2 atom stereocenters. The van der Waals surface area contributed by atoms with Gasteiger partial charge in [0.1, 0.15) is 0 Å². The largest absolute Gasteiger partial charge is 0.334 e. The summed E-state index contributed by atoms with van der Waals surface area (Å²) >= 11 is 0. The fraction of sp³-hybridized carbons (Fsp3) is 0.467. The first-order valence-electron chi connectivity index (χ1n) is 7.04. The molecule has 2 unspecified atom stereocenters. The lowest BCUT2D eigenvalue weighted by Gasteiger charge is -2.20. The number of hydrogen-bond acceptors (Lipinski definition) is 3. The number of aryl methyl sites for hydroxylation is 1. The third-order valence-corrected chi connectivity index (χ3v) is 4.22. The standard InChI is InChI=1S/C15H20N4O/c1-10-7-11(8-16)9-19(10)15(20)14-12-5-3-4-6-13(12)18(2)17-14/h3-6,10-11H,7-9,16H2,1-2H3. The van der Waals surface area contributed by atoms with Crippen LogP contribution in [-0.2, 0) is 7.05 Å². The highest BCUT2D eigenvalue weighted by Gasteiger charge is 2.33. The Morgan fingerprint density at radius 3 is 2.90 bits per heavy atom. The van der Waals surface area contributed by atoms with Crippen molar-refractivity contribution in [2.45, 2.75) is 19.4 Å². The van der Waals surface area contributed by atoms with E-state index in [2.05, 4.69) is 12.0 Å². The molecule has 2 heterocycles. The van der Waals surface area contributed by atoms with Gasteiger partial charge in [0.05, 0.1) is 5.52 Å². The summed E-state index contributed by atoms with van der Waals surface area (Å²) in [6.07, 6.45) is 0.979. The quantitative estimate of drug-likeness (QED) is 0.898. The zero-order chi connectivity index (χ0) is 14.3. The van der Waals surface area contributed by atoms with Crippen molar-refractivity contribution < 1.29 is 4.79 Å². The van der Waals surface area contributed by atoms with Gasteiger partial charge in [-0.2, -0.15) is 5.10 Å². The molecular weight excluding hydrogens is 252 g/mol. The van der Waals surface area contributed by atoms with Crippen LogP contribution in [-0.4, -0.2) is 39.7 Å². The molecule has 0 saturated carbocycles. The number of aromatic nitrogens is 2. The van der Waals surface area contributed by atoms with Gasteiger partial charge in [0, 0.05) is 25.0 Å². The van der Waals surface area contributed by atoms with Crippen molar-refractivity contribution in [2.24, 2.45) is 18.7 Å². The molecule has 0 aliphatic carbocycles. The van der Waals surface area contributed by atoms with Gasteiger partial charge in [-0.25, -0.2) is 0 Å². The predicted octanol–water partition coefficient (Wildman–Crippen LogP) is 1.38. The Morgan fingerprint density at radius 2 is 2.20 bits per heavy atom. The highest BCUT2D eigenvalue weighted by Crippen LogP contribution is 2.26. The lowest BCUT2D eigenvalue weighted by atomic mass is 10.1. The van der Waals surface area contributed by atoms with Gasteiger partial charge in [0.2, 0.25) is 0 Å². The number of carbonyl (C=O) groups is 1. The summed E-state index contributed by atoms with van der Waals surface area (Å²) in [7, 11) is 1.87. The van der Waals surface area contributed by atoms with Crippen LogP contribution in [0.15, 0.2) is 24.3 Å². The number of fused-ring (bicyclic) bond motifs is 1. The van der Waals surface area contributed by atoms with Crippen molar-refractivity contribution in [1.29, 1.82) is 0 Å². The molecule has 1 aromatic heterocycles. The maximum Gasteiger partial charge on any atom is 0.275 e. The number of hydrogen-bond donors (Lipinski definition) is 1. The highest BCUT2D eigenvalue weighted by atomic mass is 16.2. The fourth-order valence-electron chi connectivity index (χ4n) is 3.10. The second-order valence-corrected chi connectivity index (χ2v) is 5.63. The maximum atomic E-state index is 12.8. The lowest BCUT2D eigenvalue weighted by molar-refractivity contribution is 0.0738. The van der Waals surface area contributed by atoms with Crippen LogP contribution in [0.2, 0.25) is 0 Å². The van der Waals surface area contributed by atoms with Crippen LogP contribution in [0.5, 0.6) is 0 Å². The van der Waals surface area contributed by atoms with Crippen LogP contribution in [0.25, 0.3) is 10.9 Å². The number of amides is 1. The normalized spacial score (nSPS) is 22.6. The Hall–Kier alpha value is -1.88. The minimum Gasteiger partial charge on any atom is -0.334 e. The van der Waals surface area contributed by atoms with Gasteiger partial charge in [-0.3, -0.25) is 9.48 Å². The van der Waals surface area contributed by atoms with Gasteiger partial charge in [0.15, 0.2) is 5.69 Å². The van der Waals surface area contributed by atoms with Gasteiger partial charge in [-0.1, -0.05) is 18.2 Å². The minimum atomic E-state index is 0.0188. The molecule has 20 heavy (non-hydrogen) atoms. The fourth-order valence-corrected chi connectivity index (χ4v) is 3.10. The topological polar surface area (TPSA) is 64.2 Å². The Morgan fingerprint density at radius 1 is 1.45 bits per heavy atom. The van der Waals surface area contributed by atoms with E-state index in [0.717, 1.165) is 23.9 Å². The van der Waals surface area contributed by atoms with E-state index in [0.29, 0.717) is 18.2 Å². The average Bonchev–Trinajstić information content (AvgIpc) is 3.00. The van der Waals surface area contributed by atoms with Crippen molar-refractivity contribution in [1.82, 2.24) is 14.7 Å². The van der Waals surface area contributed by atoms with Crippen LogP contribution >= 0.6 is 0 Å². The minimum absolute atomic E-state index is 0.0188. The molecule has 5 heteroatoms. The van der Waals surface area contributed by atoms with Crippen LogP contribution in [0, 0.1) is 5.92 Å². The summed E-state index contributed by atoms with van der Waals surface area (Å²) in [6, 6.07) is 8.07. The molecule has 1 saturated heterocycles. The molecule has 1 aliphatic heterocycles. The molecule has 5 nitrogen and oxygen atoms in total. The second kappa shape index (κ2) is 4.90. The van der Waals surface area contributed by atoms with E-state index in [1.54, 1.807) is 4.68 Å². The molecule has 1 aliphatic rings. The third-order valence-electron chi connectivity index (χ3n) is 4.22. The molecule has 1 fully saturated rings. The summed E-state index contributed by atoms with van der Waals surface area (Å²) in [5.41, 5.74) is 7.27. The van der Waals surface area contributed by atoms with E-state index in [9.17, 15) is 4.79 Å². The Bertz CT molecular complexity index is 648. The number of nitrogens with zero attached hydrogens (tertiary/aromatic N) is 3. The number of para-hydroxylation sites is 1. The van der Waals surface area contributed by atoms with Gasteiger partial charge in [-0.05, 0) is 31.9 Å². The van der Waals surface area contributed by atoms with Crippen molar-refractivity contribution in [3.63, 3.8) is 0 Å². The van der Waals surface area contributed by atoms with Crippen molar-refractivity contribution in [2.75, 3.05) is 13.1 Å². The zero-order valence-corrected chi connectivity index (χ0v) is 11.9. The van der Waals surface area contributed by atoms with Crippen LogP contribution in [0.4, 0.5) is 0 Å². The predicted molar refractivity (Wildman–Crippen MR) is 78.4 cm³/mol. The molecule has 0 bridgehead atoms. The van der Waals surface area contributed by atoms with Crippen LogP contribution in [0.1, 0.15) is 23.8 Å². The lowest BCUT2D eigenvalue weighted by Crippen LogP contribution is -2.34. The number of carbonyl (C=O) groups excluding carboxylic acids is 1. The first-order chi connectivity index (χ1) is 9.61. The van der Waals surface area contributed by atoms with Gasteiger partial charge < -0.3 is 10.6 Å². The Balaban J connectivity index is 1.97. The highest BCUT2D eigenvalue weighted by molar-refractivity contribution is 6.05. The van der Waals surface area contributed by atoms with Gasteiger partial charge >= 0.3 is 0 Å². The molecule has 106 valence electrons. The van der Waals surface area contributed by atoms with E-state index in [4.69, 9.17) is 5.73 Å². The average molecular weight is 272 g/mol. The maximum absolute atomic E-state index is 12.8. The summed E-state index contributed by atoms with van der Waals surface area (Å²) < 4.78 is 1.77. The first-order valence-corrected chi connectivity index (χ1v) is 7.04. The first kappa shape index (κ1) is 13.1. The number of benzene rings is 1. The second-order valence-electron chi connectivity index (χ2n) is 5.63. The molecular formula is C15H20N4O. The summed E-state index contributed by atoms with van der Waals surface area (Å²) in [4.78, 5) is 14.7. The molecule has 1 aromatic carbocycles. The van der Waals surface area contributed by atoms with E-state index in [1.807, 2.05) is 36.2 Å². The summed E-state index contributed by atoms with van der Waals surface area (Å²) in [6.45, 7) is 3.46. The number of rotatable bonds is 2. The van der Waals surface area contributed by atoms with E-state index >= 15 is 0 Å². The monoisotopic (exact) mass is 272 g/mol. The van der Waals surface area contributed by atoms with Crippen LogP contribution in [0.3, 0.4) is 0 Å². The van der Waals surface area contributed by atoms with Gasteiger partial charge in [0.25, 0.3) is 5.91 Å².